The molecule has 3 N–H and O–H groups in total. The highest BCUT2D eigenvalue weighted by atomic mass is 35.5. The summed E-state index contributed by atoms with van der Waals surface area (Å²) in [6, 6.07) is 3.59. The third kappa shape index (κ3) is 2.76. The molecule has 0 fully saturated rings. The Kier molecular flexibility index (Phi) is 4.24. The first-order valence-corrected chi connectivity index (χ1v) is 5.27. The zero-order valence-corrected chi connectivity index (χ0v) is 9.71. The molecule has 0 aliphatic heterocycles. The molecule has 1 aromatic rings. The minimum absolute atomic E-state index is 0.0139. The van der Waals surface area contributed by atoms with Crippen LogP contribution in [0.2, 0.25) is 5.02 Å². The van der Waals surface area contributed by atoms with Crippen molar-refractivity contribution >= 4 is 11.6 Å². The first-order valence-electron chi connectivity index (χ1n) is 4.90. The third-order valence-electron chi connectivity index (χ3n) is 2.39. The van der Waals surface area contributed by atoms with E-state index in [9.17, 15) is 5.11 Å². The van der Waals surface area contributed by atoms with Crippen LogP contribution in [0.4, 0.5) is 0 Å². The molecule has 1 atom stereocenters. The van der Waals surface area contributed by atoms with Gasteiger partial charge in [-0.1, -0.05) is 24.6 Å². The summed E-state index contributed by atoms with van der Waals surface area (Å²) in [5, 5.41) is 10.00. The standard InChI is InChI=1S/C11H16ClNO2/c1-3-8(13)6-7-4-5-9(15-2)11(14)10(7)12/h4-5,8,14H,3,6,13H2,1-2H3. The number of hydrogen-bond acceptors (Lipinski definition) is 3. The largest absolute Gasteiger partial charge is 0.503 e. The van der Waals surface area contributed by atoms with Crippen LogP contribution in [-0.4, -0.2) is 18.3 Å². The Morgan fingerprint density at radius 1 is 1.53 bits per heavy atom. The highest BCUT2D eigenvalue weighted by Crippen LogP contribution is 2.36. The second-order valence-corrected chi connectivity index (χ2v) is 3.84. The zero-order chi connectivity index (χ0) is 11.4. The summed E-state index contributed by atoms with van der Waals surface area (Å²) in [5.41, 5.74) is 6.67. The van der Waals surface area contributed by atoms with Crippen molar-refractivity contribution in [1.29, 1.82) is 0 Å². The van der Waals surface area contributed by atoms with Gasteiger partial charge in [0.2, 0.25) is 0 Å². The first kappa shape index (κ1) is 12.1. The lowest BCUT2D eigenvalue weighted by atomic mass is 10.0. The molecule has 4 heteroatoms. The molecule has 3 nitrogen and oxygen atoms in total. The Labute approximate surface area is 94.8 Å². The van der Waals surface area contributed by atoms with Crippen LogP contribution in [0.25, 0.3) is 0 Å². The molecule has 0 aliphatic rings. The van der Waals surface area contributed by atoms with Gasteiger partial charge in [0.25, 0.3) is 0 Å². The number of phenolic OH excluding ortho intramolecular Hbond substituents is 1. The number of rotatable bonds is 4. The summed E-state index contributed by atoms with van der Waals surface area (Å²) in [6.07, 6.45) is 1.54. The van der Waals surface area contributed by atoms with Crippen molar-refractivity contribution in [3.8, 4) is 11.5 Å². The summed E-state index contributed by atoms with van der Waals surface area (Å²) in [6.45, 7) is 2.02. The molecule has 0 aromatic heterocycles. The molecule has 0 aliphatic carbocycles. The summed E-state index contributed by atoms with van der Waals surface area (Å²) >= 11 is 5.99. The number of phenols is 1. The number of aromatic hydroxyl groups is 1. The second-order valence-electron chi connectivity index (χ2n) is 3.46. The third-order valence-corrected chi connectivity index (χ3v) is 2.81. The van der Waals surface area contributed by atoms with Crippen molar-refractivity contribution < 1.29 is 9.84 Å². The number of nitrogens with two attached hydrogens (primary N) is 1. The van der Waals surface area contributed by atoms with Gasteiger partial charge in [0.05, 0.1) is 12.1 Å². The maximum absolute atomic E-state index is 9.67. The highest BCUT2D eigenvalue weighted by Gasteiger charge is 2.12. The van der Waals surface area contributed by atoms with E-state index in [1.54, 1.807) is 6.07 Å². The van der Waals surface area contributed by atoms with Gasteiger partial charge in [-0.2, -0.15) is 0 Å². The maximum atomic E-state index is 9.67. The quantitative estimate of drug-likeness (QED) is 0.833. The van der Waals surface area contributed by atoms with E-state index in [1.807, 2.05) is 13.0 Å². The van der Waals surface area contributed by atoms with Gasteiger partial charge in [-0.25, -0.2) is 0 Å². The monoisotopic (exact) mass is 229 g/mol. The zero-order valence-electron chi connectivity index (χ0n) is 8.96. The molecule has 0 spiro atoms. The predicted octanol–water partition coefficient (Wildman–Crippen LogP) is 2.33. The molecule has 0 amide bonds. The van der Waals surface area contributed by atoms with Gasteiger partial charge in [0.15, 0.2) is 11.5 Å². The van der Waals surface area contributed by atoms with E-state index in [2.05, 4.69) is 0 Å². The van der Waals surface area contributed by atoms with Crippen LogP contribution in [0.15, 0.2) is 12.1 Å². The van der Waals surface area contributed by atoms with Gasteiger partial charge >= 0.3 is 0 Å². The number of halogens is 1. The molecule has 1 unspecified atom stereocenters. The fraction of sp³-hybridized carbons (Fsp3) is 0.455. The Bertz CT molecular complexity index is 342. The van der Waals surface area contributed by atoms with Crippen molar-refractivity contribution in [2.45, 2.75) is 25.8 Å². The topological polar surface area (TPSA) is 55.5 Å². The van der Waals surface area contributed by atoms with E-state index in [0.717, 1.165) is 12.0 Å². The average Bonchev–Trinajstić information content (AvgIpc) is 2.25. The Morgan fingerprint density at radius 3 is 2.73 bits per heavy atom. The van der Waals surface area contributed by atoms with Crippen LogP contribution in [0.3, 0.4) is 0 Å². The minimum atomic E-state index is -0.0139. The summed E-state index contributed by atoms with van der Waals surface area (Å²) in [5.74, 6) is 0.369. The fourth-order valence-corrected chi connectivity index (χ4v) is 1.57. The van der Waals surface area contributed by atoms with E-state index in [0.29, 0.717) is 17.2 Å². The molecular weight excluding hydrogens is 214 g/mol. The highest BCUT2D eigenvalue weighted by molar-refractivity contribution is 6.33. The van der Waals surface area contributed by atoms with Crippen molar-refractivity contribution in [2.75, 3.05) is 7.11 Å². The van der Waals surface area contributed by atoms with E-state index in [-0.39, 0.29) is 11.8 Å². The van der Waals surface area contributed by atoms with Crippen LogP contribution in [0.5, 0.6) is 11.5 Å². The molecule has 0 saturated carbocycles. The fourth-order valence-electron chi connectivity index (χ4n) is 1.34. The molecule has 0 saturated heterocycles. The first-order chi connectivity index (χ1) is 7.10. The van der Waals surface area contributed by atoms with Gasteiger partial charge in [-0.15, -0.1) is 0 Å². The van der Waals surface area contributed by atoms with E-state index < -0.39 is 0 Å². The van der Waals surface area contributed by atoms with Crippen molar-refractivity contribution in [3.05, 3.63) is 22.7 Å². The van der Waals surface area contributed by atoms with E-state index in [1.165, 1.54) is 7.11 Å². The van der Waals surface area contributed by atoms with Crippen LogP contribution in [0, 0.1) is 0 Å². The SMILES string of the molecule is CCC(N)Cc1ccc(OC)c(O)c1Cl. The van der Waals surface area contributed by atoms with E-state index >= 15 is 0 Å². The lowest BCUT2D eigenvalue weighted by molar-refractivity contribution is 0.373. The van der Waals surface area contributed by atoms with Gasteiger partial charge < -0.3 is 15.6 Å². The van der Waals surface area contributed by atoms with Crippen LogP contribution in [0.1, 0.15) is 18.9 Å². The van der Waals surface area contributed by atoms with Gasteiger partial charge in [0, 0.05) is 6.04 Å². The van der Waals surface area contributed by atoms with Gasteiger partial charge in [-0.3, -0.25) is 0 Å². The molecule has 0 bridgehead atoms. The molecular formula is C11H16ClNO2. The molecule has 15 heavy (non-hydrogen) atoms. The summed E-state index contributed by atoms with van der Waals surface area (Å²) in [7, 11) is 1.49. The number of hydrogen-bond donors (Lipinski definition) is 2. The number of methoxy groups -OCH3 is 1. The Balaban J connectivity index is 2.96. The lowest BCUT2D eigenvalue weighted by Crippen LogP contribution is -2.21. The van der Waals surface area contributed by atoms with Crippen LogP contribution >= 0.6 is 11.6 Å². The average molecular weight is 230 g/mol. The predicted molar refractivity (Wildman–Crippen MR) is 61.6 cm³/mol. The van der Waals surface area contributed by atoms with E-state index in [4.69, 9.17) is 22.1 Å². The van der Waals surface area contributed by atoms with Gasteiger partial charge in [-0.05, 0) is 24.5 Å². The smallest absolute Gasteiger partial charge is 0.177 e. The summed E-state index contributed by atoms with van der Waals surface area (Å²) < 4.78 is 4.95. The van der Waals surface area contributed by atoms with Crippen molar-refractivity contribution in [1.82, 2.24) is 0 Å². The molecule has 0 heterocycles. The van der Waals surface area contributed by atoms with Crippen LogP contribution < -0.4 is 10.5 Å². The van der Waals surface area contributed by atoms with Crippen LogP contribution in [-0.2, 0) is 6.42 Å². The minimum Gasteiger partial charge on any atom is -0.503 e. The summed E-state index contributed by atoms with van der Waals surface area (Å²) in [4.78, 5) is 0. The number of benzene rings is 1. The van der Waals surface area contributed by atoms with Crippen molar-refractivity contribution in [3.63, 3.8) is 0 Å². The van der Waals surface area contributed by atoms with Gasteiger partial charge in [0.1, 0.15) is 0 Å². The lowest BCUT2D eigenvalue weighted by Gasteiger charge is -2.12. The molecule has 1 rings (SSSR count). The van der Waals surface area contributed by atoms with Crippen molar-refractivity contribution in [2.24, 2.45) is 5.73 Å². The maximum Gasteiger partial charge on any atom is 0.177 e. The molecule has 1 aromatic carbocycles. The molecule has 0 radical (unpaired) electrons. The normalized spacial score (nSPS) is 12.5. The second kappa shape index (κ2) is 5.24. The molecule has 84 valence electrons. The Morgan fingerprint density at radius 2 is 2.20 bits per heavy atom. The Hall–Kier alpha value is -0.930. The number of ether oxygens (including phenoxy) is 1.